The van der Waals surface area contributed by atoms with E-state index in [9.17, 15) is 9.59 Å². The number of likely N-dealkylation sites (N-methyl/N-ethyl adjacent to an activating group) is 1. The van der Waals surface area contributed by atoms with Crippen molar-refractivity contribution in [3.8, 4) is 0 Å². The van der Waals surface area contributed by atoms with E-state index in [2.05, 4.69) is 39.5 Å². The second kappa shape index (κ2) is 5.42. The van der Waals surface area contributed by atoms with Crippen molar-refractivity contribution >= 4 is 39.5 Å². The standard InChI is InChI=1S/C15H15IN2O3/c1-18-3-2-8(7-18)9-5-13-10(4-12(9)16)14(19)11(6-17-13)15(20)21/h4-6,8H,2-3,7H2,1H3,(H,17,19)(H,20,21). The van der Waals surface area contributed by atoms with Crippen LogP contribution in [0.15, 0.2) is 23.1 Å². The zero-order valence-electron chi connectivity index (χ0n) is 11.5. The number of benzene rings is 1. The fraction of sp³-hybridized carbons (Fsp3) is 0.333. The van der Waals surface area contributed by atoms with Crippen LogP contribution in [0, 0.1) is 3.57 Å². The zero-order valence-corrected chi connectivity index (χ0v) is 13.7. The number of carboxylic acids is 1. The fourth-order valence-electron chi connectivity index (χ4n) is 2.92. The summed E-state index contributed by atoms with van der Waals surface area (Å²) in [4.78, 5) is 28.5. The van der Waals surface area contributed by atoms with Crippen LogP contribution >= 0.6 is 22.6 Å². The minimum absolute atomic E-state index is 0.216. The van der Waals surface area contributed by atoms with Gasteiger partial charge in [-0.15, -0.1) is 0 Å². The number of aromatic amines is 1. The van der Waals surface area contributed by atoms with Crippen molar-refractivity contribution in [2.75, 3.05) is 20.1 Å². The van der Waals surface area contributed by atoms with E-state index >= 15 is 0 Å². The molecule has 1 unspecified atom stereocenters. The molecule has 0 spiro atoms. The molecule has 21 heavy (non-hydrogen) atoms. The molecule has 0 radical (unpaired) electrons. The molecule has 1 fully saturated rings. The Morgan fingerprint density at radius 2 is 2.24 bits per heavy atom. The third-order valence-corrected chi connectivity index (χ3v) is 4.99. The fourth-order valence-corrected chi connectivity index (χ4v) is 3.83. The van der Waals surface area contributed by atoms with Crippen LogP contribution in [0.1, 0.15) is 28.3 Å². The maximum absolute atomic E-state index is 12.2. The van der Waals surface area contributed by atoms with Gasteiger partial charge in [-0.05, 0) is 66.2 Å². The molecule has 1 aromatic carbocycles. The molecule has 2 N–H and O–H groups in total. The van der Waals surface area contributed by atoms with Crippen LogP contribution in [-0.4, -0.2) is 41.1 Å². The number of fused-ring (bicyclic) bond motifs is 1. The van der Waals surface area contributed by atoms with E-state index in [0.717, 1.165) is 23.1 Å². The molecule has 110 valence electrons. The van der Waals surface area contributed by atoms with E-state index in [-0.39, 0.29) is 5.56 Å². The van der Waals surface area contributed by atoms with Gasteiger partial charge < -0.3 is 15.0 Å². The van der Waals surface area contributed by atoms with Gasteiger partial charge in [0.05, 0.1) is 0 Å². The molecular formula is C15H15IN2O3. The summed E-state index contributed by atoms with van der Waals surface area (Å²) < 4.78 is 1.02. The first-order valence-corrected chi connectivity index (χ1v) is 7.82. The van der Waals surface area contributed by atoms with E-state index in [4.69, 9.17) is 5.11 Å². The second-order valence-electron chi connectivity index (χ2n) is 5.50. The van der Waals surface area contributed by atoms with Crippen molar-refractivity contribution in [2.45, 2.75) is 12.3 Å². The average Bonchev–Trinajstić information content (AvgIpc) is 2.85. The van der Waals surface area contributed by atoms with E-state index in [0.29, 0.717) is 16.8 Å². The molecule has 0 saturated carbocycles. The van der Waals surface area contributed by atoms with E-state index in [1.54, 1.807) is 6.07 Å². The number of carboxylic acid groups (broad SMARTS) is 1. The van der Waals surface area contributed by atoms with E-state index in [1.165, 1.54) is 11.8 Å². The highest BCUT2D eigenvalue weighted by Crippen LogP contribution is 2.31. The Bertz CT molecular complexity index is 784. The van der Waals surface area contributed by atoms with Gasteiger partial charge >= 0.3 is 5.97 Å². The number of hydrogen-bond donors (Lipinski definition) is 2. The number of nitrogens with zero attached hydrogens (tertiary/aromatic N) is 1. The van der Waals surface area contributed by atoms with Gasteiger partial charge in [0.15, 0.2) is 0 Å². The Morgan fingerprint density at radius 3 is 2.86 bits per heavy atom. The lowest BCUT2D eigenvalue weighted by molar-refractivity contribution is 0.0695. The van der Waals surface area contributed by atoms with Crippen molar-refractivity contribution in [3.63, 3.8) is 0 Å². The Hall–Kier alpha value is -1.41. The van der Waals surface area contributed by atoms with Gasteiger partial charge in [0.2, 0.25) is 5.43 Å². The molecule has 2 aromatic rings. The van der Waals surface area contributed by atoms with Crippen molar-refractivity contribution < 1.29 is 9.90 Å². The SMILES string of the molecule is CN1CCC(c2cc3[nH]cc(C(=O)O)c(=O)c3cc2I)C1. The van der Waals surface area contributed by atoms with Gasteiger partial charge in [-0.2, -0.15) is 0 Å². The molecule has 3 rings (SSSR count). The highest BCUT2D eigenvalue weighted by Gasteiger charge is 2.24. The number of nitrogens with one attached hydrogen (secondary N) is 1. The molecule has 1 aliphatic rings. The maximum atomic E-state index is 12.2. The van der Waals surface area contributed by atoms with Crippen molar-refractivity contribution in [1.29, 1.82) is 0 Å². The molecular weight excluding hydrogens is 383 g/mol. The second-order valence-corrected chi connectivity index (χ2v) is 6.67. The molecule has 5 nitrogen and oxygen atoms in total. The largest absolute Gasteiger partial charge is 0.477 e. The minimum atomic E-state index is -1.20. The summed E-state index contributed by atoms with van der Waals surface area (Å²) in [7, 11) is 2.11. The molecule has 0 amide bonds. The number of carbonyl (C=O) groups is 1. The summed E-state index contributed by atoms with van der Waals surface area (Å²) in [6, 6.07) is 3.79. The number of pyridine rings is 1. The Labute approximate surface area is 135 Å². The quantitative estimate of drug-likeness (QED) is 0.762. The lowest BCUT2D eigenvalue weighted by atomic mass is 9.96. The summed E-state index contributed by atoms with van der Waals surface area (Å²) in [5.41, 5.74) is 1.29. The predicted octanol–water partition coefficient (Wildman–Crippen LogP) is 2.25. The third kappa shape index (κ3) is 2.57. The lowest BCUT2D eigenvalue weighted by Crippen LogP contribution is -2.16. The van der Waals surface area contributed by atoms with Gasteiger partial charge in [-0.3, -0.25) is 4.79 Å². The summed E-state index contributed by atoms with van der Waals surface area (Å²) >= 11 is 2.23. The zero-order chi connectivity index (χ0) is 15.1. The Balaban J connectivity index is 2.15. The molecule has 0 aliphatic carbocycles. The van der Waals surface area contributed by atoms with Crippen LogP contribution in [0.4, 0.5) is 0 Å². The molecule has 1 saturated heterocycles. The van der Waals surface area contributed by atoms with Crippen LogP contribution in [-0.2, 0) is 0 Å². The van der Waals surface area contributed by atoms with Gasteiger partial charge in [0.25, 0.3) is 0 Å². The average molecular weight is 398 g/mol. The van der Waals surface area contributed by atoms with Crippen LogP contribution < -0.4 is 5.43 Å². The molecule has 1 atom stereocenters. The van der Waals surface area contributed by atoms with Crippen molar-refractivity contribution in [1.82, 2.24) is 9.88 Å². The minimum Gasteiger partial charge on any atom is -0.477 e. The first kappa shape index (κ1) is 14.5. The number of likely N-dealkylation sites (tertiary alicyclic amines) is 1. The van der Waals surface area contributed by atoms with Crippen LogP contribution in [0.25, 0.3) is 10.9 Å². The number of H-pyrrole nitrogens is 1. The van der Waals surface area contributed by atoms with Crippen LogP contribution in [0.3, 0.4) is 0 Å². The van der Waals surface area contributed by atoms with Gasteiger partial charge in [0, 0.05) is 27.2 Å². The molecule has 0 bridgehead atoms. The molecule has 1 aromatic heterocycles. The van der Waals surface area contributed by atoms with Gasteiger partial charge in [0.1, 0.15) is 5.56 Å². The first-order valence-electron chi connectivity index (χ1n) is 6.74. The van der Waals surface area contributed by atoms with Crippen molar-refractivity contribution in [2.24, 2.45) is 0 Å². The summed E-state index contributed by atoms with van der Waals surface area (Å²) in [6.07, 6.45) is 2.39. The number of hydrogen-bond acceptors (Lipinski definition) is 3. The summed E-state index contributed by atoms with van der Waals surface area (Å²) in [5, 5.41) is 9.46. The van der Waals surface area contributed by atoms with Crippen molar-refractivity contribution in [3.05, 3.63) is 43.2 Å². The number of rotatable bonds is 2. The topological polar surface area (TPSA) is 73.4 Å². The molecule has 1 aliphatic heterocycles. The highest BCUT2D eigenvalue weighted by molar-refractivity contribution is 14.1. The number of aromatic carboxylic acids is 1. The lowest BCUT2D eigenvalue weighted by Gasteiger charge is -2.14. The van der Waals surface area contributed by atoms with Crippen LogP contribution in [0.2, 0.25) is 0 Å². The van der Waals surface area contributed by atoms with Gasteiger partial charge in [-0.25, -0.2) is 4.79 Å². The molecule has 6 heteroatoms. The maximum Gasteiger partial charge on any atom is 0.341 e. The van der Waals surface area contributed by atoms with E-state index in [1.807, 2.05) is 6.07 Å². The Morgan fingerprint density at radius 1 is 1.48 bits per heavy atom. The van der Waals surface area contributed by atoms with Crippen LogP contribution in [0.5, 0.6) is 0 Å². The first-order chi connectivity index (χ1) is 9.97. The third-order valence-electron chi connectivity index (χ3n) is 4.06. The van der Waals surface area contributed by atoms with Gasteiger partial charge in [-0.1, -0.05) is 0 Å². The molecule has 2 heterocycles. The summed E-state index contributed by atoms with van der Waals surface area (Å²) in [6.45, 7) is 2.09. The highest BCUT2D eigenvalue weighted by atomic mass is 127. The summed E-state index contributed by atoms with van der Waals surface area (Å²) in [5.74, 6) is -0.733. The monoisotopic (exact) mass is 398 g/mol. The van der Waals surface area contributed by atoms with E-state index < -0.39 is 11.4 Å². The number of aromatic nitrogens is 1. The Kier molecular flexibility index (Phi) is 3.75. The smallest absolute Gasteiger partial charge is 0.341 e. The number of halogens is 1. The normalized spacial score (nSPS) is 19.2. The predicted molar refractivity (Wildman–Crippen MR) is 89.1 cm³/mol.